The number of nitrogens with zero attached hydrogens (tertiary/aromatic N) is 1. The van der Waals surface area contributed by atoms with E-state index in [1.165, 1.54) is 51.4 Å². The summed E-state index contributed by atoms with van der Waals surface area (Å²) in [6.07, 6.45) is 13.4. The number of rotatable bonds is 9. The Hall–Kier alpha value is -0.610. The molecule has 0 bridgehead atoms. The molecule has 0 aliphatic heterocycles. The zero-order chi connectivity index (χ0) is 15.4. The van der Waals surface area contributed by atoms with Crippen molar-refractivity contribution in [1.29, 1.82) is 0 Å². The lowest BCUT2D eigenvalue weighted by Gasteiger charge is -2.43. The van der Waals surface area contributed by atoms with Gasteiger partial charge in [0, 0.05) is 18.6 Å². The van der Waals surface area contributed by atoms with E-state index in [-0.39, 0.29) is 6.54 Å². The third-order valence-corrected chi connectivity index (χ3v) is 5.87. The molecule has 3 saturated carbocycles. The van der Waals surface area contributed by atoms with Gasteiger partial charge in [-0.1, -0.05) is 32.1 Å². The van der Waals surface area contributed by atoms with Crippen LogP contribution in [0.4, 0.5) is 0 Å². The molecule has 4 nitrogen and oxygen atoms in total. The Kier molecular flexibility index (Phi) is 5.75. The highest BCUT2D eigenvalue weighted by atomic mass is 16.4. The van der Waals surface area contributed by atoms with Crippen LogP contribution in [-0.2, 0) is 4.79 Å². The molecule has 2 N–H and O–H groups in total. The highest BCUT2D eigenvalue weighted by Crippen LogP contribution is 2.34. The number of hydrogen-bond acceptors (Lipinski definition) is 3. The maximum atomic E-state index is 11.0. The topological polar surface area (TPSA) is 52.6 Å². The second kappa shape index (κ2) is 7.78. The standard InChI is InChI=1S/C18H32N2O2/c21-18(22)13-20(12-15-6-7-15)17-10-16(11-17)19-9-8-14-4-2-1-3-5-14/h14-17,19H,1-13H2,(H,21,22). The van der Waals surface area contributed by atoms with E-state index >= 15 is 0 Å². The van der Waals surface area contributed by atoms with Gasteiger partial charge >= 0.3 is 5.97 Å². The Bertz CT molecular complexity index is 358. The lowest BCUT2D eigenvalue weighted by atomic mass is 9.84. The van der Waals surface area contributed by atoms with Crippen LogP contribution < -0.4 is 5.32 Å². The predicted molar refractivity (Wildman–Crippen MR) is 87.9 cm³/mol. The van der Waals surface area contributed by atoms with Crippen molar-refractivity contribution in [3.63, 3.8) is 0 Å². The van der Waals surface area contributed by atoms with Crippen molar-refractivity contribution in [2.24, 2.45) is 11.8 Å². The van der Waals surface area contributed by atoms with Crippen LogP contribution in [0.2, 0.25) is 0 Å². The number of aliphatic carboxylic acids is 1. The summed E-state index contributed by atoms with van der Waals surface area (Å²) in [5.41, 5.74) is 0. The second-order valence-corrected chi connectivity index (χ2v) is 7.84. The molecule has 22 heavy (non-hydrogen) atoms. The van der Waals surface area contributed by atoms with Crippen LogP contribution in [0, 0.1) is 11.8 Å². The van der Waals surface area contributed by atoms with Crippen LogP contribution in [0.15, 0.2) is 0 Å². The Morgan fingerprint density at radius 2 is 1.77 bits per heavy atom. The number of carboxylic acids is 1. The molecule has 0 aromatic rings. The molecule has 3 rings (SSSR count). The van der Waals surface area contributed by atoms with Crippen LogP contribution in [0.5, 0.6) is 0 Å². The molecule has 0 aromatic heterocycles. The zero-order valence-corrected chi connectivity index (χ0v) is 13.8. The van der Waals surface area contributed by atoms with E-state index < -0.39 is 5.97 Å². The molecule has 4 heteroatoms. The molecule has 0 radical (unpaired) electrons. The average molecular weight is 308 g/mol. The fraction of sp³-hybridized carbons (Fsp3) is 0.944. The Morgan fingerprint density at radius 3 is 2.41 bits per heavy atom. The van der Waals surface area contributed by atoms with Gasteiger partial charge in [0.1, 0.15) is 0 Å². The van der Waals surface area contributed by atoms with Gasteiger partial charge in [-0.2, -0.15) is 0 Å². The summed E-state index contributed by atoms with van der Waals surface area (Å²) in [5.74, 6) is 1.06. The Morgan fingerprint density at radius 1 is 1.05 bits per heavy atom. The highest BCUT2D eigenvalue weighted by Gasteiger charge is 2.36. The summed E-state index contributed by atoms with van der Waals surface area (Å²) < 4.78 is 0. The summed E-state index contributed by atoms with van der Waals surface area (Å²) in [6.45, 7) is 2.39. The molecule has 3 fully saturated rings. The van der Waals surface area contributed by atoms with Gasteiger partial charge in [0.2, 0.25) is 0 Å². The minimum absolute atomic E-state index is 0.232. The van der Waals surface area contributed by atoms with Gasteiger partial charge in [-0.05, 0) is 50.5 Å². The maximum absolute atomic E-state index is 11.0. The zero-order valence-electron chi connectivity index (χ0n) is 13.8. The van der Waals surface area contributed by atoms with E-state index in [0.717, 1.165) is 37.8 Å². The maximum Gasteiger partial charge on any atom is 0.317 e. The van der Waals surface area contributed by atoms with Crippen molar-refractivity contribution in [2.45, 2.75) is 76.3 Å². The molecule has 3 aliphatic rings. The van der Waals surface area contributed by atoms with E-state index in [9.17, 15) is 4.79 Å². The average Bonchev–Trinajstić information content (AvgIpc) is 3.25. The van der Waals surface area contributed by atoms with E-state index in [4.69, 9.17) is 5.11 Å². The van der Waals surface area contributed by atoms with Gasteiger partial charge in [-0.15, -0.1) is 0 Å². The third kappa shape index (κ3) is 4.95. The first-order valence-electron chi connectivity index (χ1n) is 9.40. The van der Waals surface area contributed by atoms with Gasteiger partial charge < -0.3 is 10.4 Å². The minimum Gasteiger partial charge on any atom is -0.480 e. The molecule has 0 atom stereocenters. The number of carboxylic acid groups (broad SMARTS) is 1. The summed E-state index contributed by atoms with van der Waals surface area (Å²) in [4.78, 5) is 13.2. The fourth-order valence-electron chi connectivity index (χ4n) is 4.17. The van der Waals surface area contributed by atoms with Gasteiger partial charge in [-0.25, -0.2) is 0 Å². The fourth-order valence-corrected chi connectivity index (χ4v) is 4.17. The van der Waals surface area contributed by atoms with E-state index in [1.807, 2.05) is 0 Å². The van der Waals surface area contributed by atoms with Gasteiger partial charge in [0.25, 0.3) is 0 Å². The molecule has 0 spiro atoms. The Balaban J connectivity index is 1.30. The SMILES string of the molecule is O=C(O)CN(CC1CC1)C1CC(NCCC2CCCCC2)C1. The largest absolute Gasteiger partial charge is 0.480 e. The third-order valence-electron chi connectivity index (χ3n) is 5.87. The highest BCUT2D eigenvalue weighted by molar-refractivity contribution is 5.69. The van der Waals surface area contributed by atoms with Crippen molar-refractivity contribution in [3.05, 3.63) is 0 Å². The van der Waals surface area contributed by atoms with E-state index in [2.05, 4.69) is 10.2 Å². The molecule has 0 aromatic carbocycles. The normalized spacial score (nSPS) is 29.5. The molecule has 126 valence electrons. The molecule has 3 aliphatic carbocycles. The molecule has 0 saturated heterocycles. The molecular weight excluding hydrogens is 276 g/mol. The quantitative estimate of drug-likeness (QED) is 0.688. The lowest BCUT2D eigenvalue weighted by Crippen LogP contribution is -2.54. The monoisotopic (exact) mass is 308 g/mol. The lowest BCUT2D eigenvalue weighted by molar-refractivity contribution is -0.139. The summed E-state index contributed by atoms with van der Waals surface area (Å²) in [7, 11) is 0. The van der Waals surface area contributed by atoms with Crippen LogP contribution in [0.1, 0.15) is 64.2 Å². The van der Waals surface area contributed by atoms with Gasteiger partial charge in [0.15, 0.2) is 0 Å². The molecule has 0 heterocycles. The molecule has 0 amide bonds. The van der Waals surface area contributed by atoms with Crippen molar-refractivity contribution in [1.82, 2.24) is 10.2 Å². The predicted octanol–water partition coefficient (Wildman–Crippen LogP) is 2.87. The van der Waals surface area contributed by atoms with E-state index in [1.54, 1.807) is 0 Å². The van der Waals surface area contributed by atoms with Crippen LogP contribution >= 0.6 is 0 Å². The van der Waals surface area contributed by atoms with Gasteiger partial charge in [-0.3, -0.25) is 9.69 Å². The molecule has 0 unspecified atom stereocenters. The summed E-state index contributed by atoms with van der Waals surface area (Å²) in [5, 5.41) is 12.8. The Labute approximate surface area is 134 Å². The first kappa shape index (κ1) is 16.3. The summed E-state index contributed by atoms with van der Waals surface area (Å²) >= 11 is 0. The van der Waals surface area contributed by atoms with Crippen LogP contribution in [0.25, 0.3) is 0 Å². The van der Waals surface area contributed by atoms with Crippen molar-refractivity contribution in [2.75, 3.05) is 19.6 Å². The number of nitrogens with one attached hydrogen (secondary N) is 1. The first-order chi connectivity index (χ1) is 10.7. The van der Waals surface area contributed by atoms with Gasteiger partial charge in [0.05, 0.1) is 6.54 Å². The number of hydrogen-bond donors (Lipinski definition) is 2. The van der Waals surface area contributed by atoms with Crippen LogP contribution in [0.3, 0.4) is 0 Å². The first-order valence-corrected chi connectivity index (χ1v) is 9.40. The minimum atomic E-state index is -0.672. The molecular formula is C18H32N2O2. The smallest absolute Gasteiger partial charge is 0.317 e. The van der Waals surface area contributed by atoms with Crippen molar-refractivity contribution in [3.8, 4) is 0 Å². The summed E-state index contributed by atoms with van der Waals surface area (Å²) in [6, 6.07) is 1.13. The number of carbonyl (C=O) groups is 1. The second-order valence-electron chi connectivity index (χ2n) is 7.84. The van der Waals surface area contributed by atoms with Crippen molar-refractivity contribution < 1.29 is 9.90 Å². The van der Waals surface area contributed by atoms with E-state index in [0.29, 0.717) is 12.1 Å². The van der Waals surface area contributed by atoms with Crippen molar-refractivity contribution >= 4 is 5.97 Å². The van der Waals surface area contributed by atoms with Crippen LogP contribution in [-0.4, -0.2) is 47.7 Å².